The van der Waals surface area contributed by atoms with Gasteiger partial charge >= 0.3 is 0 Å². The molecule has 0 atom stereocenters. The molecule has 0 aliphatic carbocycles. The molecule has 0 fully saturated rings. The van der Waals surface area contributed by atoms with Crippen LogP contribution in [0.25, 0.3) is 0 Å². The summed E-state index contributed by atoms with van der Waals surface area (Å²) in [4.78, 5) is 25.5. The van der Waals surface area contributed by atoms with Gasteiger partial charge in [0.05, 0.1) is 6.54 Å². The van der Waals surface area contributed by atoms with Crippen molar-refractivity contribution >= 4 is 23.2 Å². The van der Waals surface area contributed by atoms with Crippen LogP contribution in [0.4, 0.5) is 0 Å². The minimum atomic E-state index is -0.524. The Morgan fingerprint density at radius 1 is 1.22 bits per heavy atom. The second kappa shape index (κ2) is 7.78. The Bertz CT molecular complexity index is 710. The predicted octanol–water partition coefficient (Wildman–Crippen LogP) is 2.41. The molecule has 0 bridgehead atoms. The second-order valence-electron chi connectivity index (χ2n) is 5.13. The van der Waals surface area contributed by atoms with Crippen LogP contribution in [0.5, 0.6) is 5.75 Å². The first-order valence-electron chi connectivity index (χ1n) is 7.37. The molecule has 2 rings (SSSR count). The molecule has 0 radical (unpaired) electrons. The van der Waals surface area contributed by atoms with Gasteiger partial charge in [-0.05, 0) is 43.2 Å². The quantitative estimate of drug-likeness (QED) is 0.817. The van der Waals surface area contributed by atoms with E-state index in [1.807, 2.05) is 13.0 Å². The van der Waals surface area contributed by atoms with Crippen LogP contribution in [-0.4, -0.2) is 18.4 Å². The van der Waals surface area contributed by atoms with Crippen molar-refractivity contribution in [3.05, 3.63) is 51.2 Å². The molecule has 0 saturated carbocycles. The van der Waals surface area contributed by atoms with Crippen LogP contribution in [0.1, 0.15) is 32.6 Å². The standard InChI is InChI=1S/C17H20N2O3S/c1-3-13-6-7-14(23-13)9-19-16(20)10-22-15-8-12(17(18)21)5-4-11(15)2/h4-8H,3,9-10H2,1-2H3,(H2,18,21)(H,19,20). The summed E-state index contributed by atoms with van der Waals surface area (Å²) in [7, 11) is 0. The van der Waals surface area contributed by atoms with Crippen LogP contribution in [0.2, 0.25) is 0 Å². The van der Waals surface area contributed by atoms with Crippen LogP contribution < -0.4 is 15.8 Å². The average Bonchev–Trinajstić information content (AvgIpc) is 3.00. The molecule has 1 heterocycles. The van der Waals surface area contributed by atoms with Crippen LogP contribution in [0, 0.1) is 6.92 Å². The monoisotopic (exact) mass is 332 g/mol. The van der Waals surface area contributed by atoms with Gasteiger partial charge < -0.3 is 15.8 Å². The number of primary amides is 1. The number of rotatable bonds is 7. The molecule has 0 saturated heterocycles. The number of carbonyl (C=O) groups excluding carboxylic acids is 2. The number of benzene rings is 1. The molecular weight excluding hydrogens is 312 g/mol. The van der Waals surface area contributed by atoms with Gasteiger partial charge in [-0.1, -0.05) is 13.0 Å². The summed E-state index contributed by atoms with van der Waals surface area (Å²) in [6.07, 6.45) is 0.997. The lowest BCUT2D eigenvalue weighted by Gasteiger charge is -2.10. The number of nitrogens with one attached hydrogen (secondary N) is 1. The molecule has 0 aliphatic heterocycles. The maximum Gasteiger partial charge on any atom is 0.258 e. The van der Waals surface area contributed by atoms with Gasteiger partial charge in [0, 0.05) is 15.3 Å². The fraction of sp³-hybridized carbons (Fsp3) is 0.294. The van der Waals surface area contributed by atoms with E-state index in [2.05, 4.69) is 18.3 Å². The van der Waals surface area contributed by atoms with E-state index in [1.165, 1.54) is 4.88 Å². The van der Waals surface area contributed by atoms with Crippen molar-refractivity contribution in [1.29, 1.82) is 0 Å². The summed E-state index contributed by atoms with van der Waals surface area (Å²) in [5.74, 6) is -0.245. The zero-order chi connectivity index (χ0) is 16.8. The zero-order valence-electron chi connectivity index (χ0n) is 13.2. The molecule has 3 N–H and O–H groups in total. The van der Waals surface area contributed by atoms with Crippen molar-refractivity contribution in [1.82, 2.24) is 5.32 Å². The van der Waals surface area contributed by atoms with Gasteiger partial charge in [-0.2, -0.15) is 0 Å². The SMILES string of the molecule is CCc1ccc(CNC(=O)COc2cc(C(N)=O)ccc2C)s1. The lowest BCUT2D eigenvalue weighted by atomic mass is 10.1. The van der Waals surface area contributed by atoms with Gasteiger partial charge in [0.25, 0.3) is 5.91 Å². The smallest absolute Gasteiger partial charge is 0.258 e. The Hall–Kier alpha value is -2.34. The van der Waals surface area contributed by atoms with Crippen molar-refractivity contribution in [2.24, 2.45) is 5.73 Å². The highest BCUT2D eigenvalue weighted by Gasteiger charge is 2.08. The first-order chi connectivity index (χ1) is 11.0. The zero-order valence-corrected chi connectivity index (χ0v) is 14.0. The second-order valence-corrected chi connectivity index (χ2v) is 6.38. The van der Waals surface area contributed by atoms with E-state index in [1.54, 1.807) is 29.5 Å². The minimum Gasteiger partial charge on any atom is -0.483 e. The number of hydrogen-bond donors (Lipinski definition) is 2. The molecule has 2 aromatic rings. The Kier molecular flexibility index (Phi) is 5.76. The molecule has 1 aromatic carbocycles. The lowest BCUT2D eigenvalue weighted by Crippen LogP contribution is -2.28. The van der Waals surface area contributed by atoms with Crippen molar-refractivity contribution in [2.45, 2.75) is 26.8 Å². The number of thiophene rings is 1. The summed E-state index contributed by atoms with van der Waals surface area (Å²) in [6.45, 7) is 4.34. The van der Waals surface area contributed by atoms with Crippen LogP contribution in [-0.2, 0) is 17.8 Å². The van der Waals surface area contributed by atoms with Gasteiger partial charge in [0.1, 0.15) is 5.75 Å². The third-order valence-electron chi connectivity index (χ3n) is 3.36. The van der Waals surface area contributed by atoms with Gasteiger partial charge in [-0.15, -0.1) is 11.3 Å². The highest BCUT2D eigenvalue weighted by molar-refractivity contribution is 7.11. The summed E-state index contributed by atoms with van der Waals surface area (Å²) in [6, 6.07) is 9.02. The van der Waals surface area contributed by atoms with Gasteiger partial charge in [0.15, 0.2) is 6.61 Å². The van der Waals surface area contributed by atoms with Crippen molar-refractivity contribution in [3.8, 4) is 5.75 Å². The summed E-state index contributed by atoms with van der Waals surface area (Å²) in [5, 5.41) is 2.82. The molecule has 23 heavy (non-hydrogen) atoms. The van der Waals surface area contributed by atoms with Crippen molar-refractivity contribution in [3.63, 3.8) is 0 Å². The predicted molar refractivity (Wildman–Crippen MR) is 90.7 cm³/mol. The minimum absolute atomic E-state index is 0.102. The van der Waals surface area contributed by atoms with E-state index in [4.69, 9.17) is 10.5 Å². The highest BCUT2D eigenvalue weighted by Crippen LogP contribution is 2.19. The number of hydrogen-bond acceptors (Lipinski definition) is 4. The van der Waals surface area contributed by atoms with Crippen LogP contribution in [0.3, 0.4) is 0 Å². The molecule has 6 heteroatoms. The normalized spacial score (nSPS) is 10.3. The third kappa shape index (κ3) is 4.82. The van der Waals surface area contributed by atoms with Crippen molar-refractivity contribution in [2.75, 3.05) is 6.61 Å². The van der Waals surface area contributed by atoms with Gasteiger partial charge in [-0.3, -0.25) is 9.59 Å². The summed E-state index contributed by atoms with van der Waals surface area (Å²) < 4.78 is 5.49. The topological polar surface area (TPSA) is 81.4 Å². The maximum atomic E-state index is 11.9. The molecule has 0 unspecified atom stereocenters. The number of nitrogens with two attached hydrogens (primary N) is 1. The lowest BCUT2D eigenvalue weighted by molar-refractivity contribution is -0.123. The fourth-order valence-corrected chi connectivity index (χ4v) is 2.89. The maximum absolute atomic E-state index is 11.9. The largest absolute Gasteiger partial charge is 0.483 e. The molecular formula is C17H20N2O3S. The van der Waals surface area contributed by atoms with Gasteiger partial charge in [-0.25, -0.2) is 0 Å². The average molecular weight is 332 g/mol. The number of aryl methyl sites for hydroxylation is 2. The highest BCUT2D eigenvalue weighted by atomic mass is 32.1. The Balaban J connectivity index is 1.86. The van der Waals surface area contributed by atoms with E-state index in [0.717, 1.165) is 16.9 Å². The number of amides is 2. The first kappa shape index (κ1) is 17.0. The van der Waals surface area contributed by atoms with Crippen LogP contribution >= 0.6 is 11.3 Å². The Morgan fingerprint density at radius 2 is 1.96 bits per heavy atom. The number of ether oxygens (including phenoxy) is 1. The van der Waals surface area contributed by atoms with E-state index < -0.39 is 5.91 Å². The first-order valence-corrected chi connectivity index (χ1v) is 8.18. The third-order valence-corrected chi connectivity index (χ3v) is 4.59. The summed E-state index contributed by atoms with van der Waals surface area (Å²) >= 11 is 1.69. The Morgan fingerprint density at radius 3 is 2.61 bits per heavy atom. The fourth-order valence-electron chi connectivity index (χ4n) is 2.00. The van der Waals surface area contributed by atoms with Gasteiger partial charge in [0.2, 0.25) is 5.91 Å². The molecule has 1 aromatic heterocycles. The molecule has 2 amide bonds. The Labute approximate surface area is 139 Å². The molecule has 122 valence electrons. The van der Waals surface area contributed by atoms with Crippen LogP contribution in [0.15, 0.2) is 30.3 Å². The molecule has 0 aliphatic rings. The van der Waals surface area contributed by atoms with E-state index >= 15 is 0 Å². The van der Waals surface area contributed by atoms with E-state index in [-0.39, 0.29) is 12.5 Å². The molecule has 0 spiro atoms. The number of carbonyl (C=O) groups is 2. The van der Waals surface area contributed by atoms with E-state index in [0.29, 0.717) is 17.9 Å². The van der Waals surface area contributed by atoms with E-state index in [9.17, 15) is 9.59 Å². The summed E-state index contributed by atoms with van der Waals surface area (Å²) in [5.41, 5.74) is 6.44. The van der Waals surface area contributed by atoms with Crippen molar-refractivity contribution < 1.29 is 14.3 Å². The molecule has 5 nitrogen and oxygen atoms in total.